The Labute approximate surface area is 149 Å². The quantitative estimate of drug-likeness (QED) is 0.499. The lowest BCUT2D eigenvalue weighted by Gasteiger charge is -2.21. The molecule has 25 heavy (non-hydrogen) atoms. The lowest BCUT2D eigenvalue weighted by molar-refractivity contribution is -0.151. The third-order valence-corrected chi connectivity index (χ3v) is 4.51. The number of esters is 1. The molecule has 5 heteroatoms. The van der Waals surface area contributed by atoms with Gasteiger partial charge in [0.05, 0.1) is 0 Å². The Hall–Kier alpha value is -2.92. The van der Waals surface area contributed by atoms with Crippen LogP contribution in [-0.2, 0) is 14.3 Å². The molecule has 4 nitrogen and oxygen atoms in total. The lowest BCUT2D eigenvalue weighted by Crippen LogP contribution is -2.26. The van der Waals surface area contributed by atoms with E-state index in [1.165, 1.54) is 11.3 Å². The standard InChI is InChI=1S/C20H16NO3S/c21-19(22)17(16-11-12-25-13-16)20(23)24-18(14-7-3-1-4-8-14)15-9-5-2-6-10-15/h1-13,17-18,21H. The van der Waals surface area contributed by atoms with Gasteiger partial charge in [-0.1, -0.05) is 60.7 Å². The number of ether oxygens (including phenoxy) is 1. The molecule has 3 aromatic rings. The van der Waals surface area contributed by atoms with E-state index in [9.17, 15) is 9.59 Å². The third kappa shape index (κ3) is 3.95. The van der Waals surface area contributed by atoms with Crippen LogP contribution in [0.1, 0.15) is 28.7 Å². The number of hydrogen-bond acceptors (Lipinski definition) is 4. The molecule has 2 aromatic carbocycles. The molecule has 0 saturated carbocycles. The van der Waals surface area contributed by atoms with Crippen molar-refractivity contribution in [1.82, 2.24) is 5.73 Å². The number of carbonyl (C=O) groups is 2. The maximum Gasteiger partial charge on any atom is 0.324 e. The van der Waals surface area contributed by atoms with Crippen molar-refractivity contribution < 1.29 is 14.3 Å². The Kier molecular flexibility index (Phi) is 5.26. The van der Waals surface area contributed by atoms with Gasteiger partial charge in [0.2, 0.25) is 0 Å². The van der Waals surface area contributed by atoms with Crippen LogP contribution in [-0.4, -0.2) is 11.9 Å². The molecule has 1 N–H and O–H groups in total. The Balaban J connectivity index is 1.92. The maximum atomic E-state index is 12.7. The molecule has 0 aliphatic heterocycles. The minimum Gasteiger partial charge on any atom is -0.452 e. The normalized spacial score (nSPS) is 11.9. The van der Waals surface area contributed by atoms with E-state index in [4.69, 9.17) is 10.5 Å². The zero-order valence-corrected chi connectivity index (χ0v) is 14.1. The molecule has 0 aliphatic rings. The average molecular weight is 350 g/mol. The van der Waals surface area contributed by atoms with Crippen LogP contribution in [0.4, 0.5) is 0 Å². The van der Waals surface area contributed by atoms with Gasteiger partial charge in [0.1, 0.15) is 0 Å². The number of carbonyl (C=O) groups excluding carboxylic acids is 2. The highest BCUT2D eigenvalue weighted by Gasteiger charge is 2.31. The summed E-state index contributed by atoms with van der Waals surface area (Å²) in [5.41, 5.74) is 9.57. The Bertz CT molecular complexity index is 792. The number of nitrogens with one attached hydrogen (secondary N) is 1. The summed E-state index contributed by atoms with van der Waals surface area (Å²) < 4.78 is 5.69. The van der Waals surface area contributed by atoms with Gasteiger partial charge < -0.3 is 4.74 Å². The monoisotopic (exact) mass is 350 g/mol. The highest BCUT2D eigenvalue weighted by Crippen LogP contribution is 2.29. The van der Waals surface area contributed by atoms with E-state index in [1.807, 2.05) is 60.7 Å². The van der Waals surface area contributed by atoms with E-state index in [1.54, 1.807) is 16.8 Å². The van der Waals surface area contributed by atoms with E-state index >= 15 is 0 Å². The molecule has 0 aliphatic carbocycles. The van der Waals surface area contributed by atoms with Crippen molar-refractivity contribution in [3.8, 4) is 0 Å². The van der Waals surface area contributed by atoms with Crippen molar-refractivity contribution in [2.24, 2.45) is 0 Å². The second-order valence-corrected chi connectivity index (χ2v) is 6.27. The predicted molar refractivity (Wildman–Crippen MR) is 96.0 cm³/mol. The summed E-state index contributed by atoms with van der Waals surface area (Å²) in [5.74, 6) is -2.90. The fourth-order valence-corrected chi connectivity index (χ4v) is 3.29. The van der Waals surface area contributed by atoms with Gasteiger partial charge in [-0.2, -0.15) is 11.3 Å². The second-order valence-electron chi connectivity index (χ2n) is 5.49. The molecule has 1 unspecified atom stereocenters. The smallest absolute Gasteiger partial charge is 0.324 e. The van der Waals surface area contributed by atoms with Crippen LogP contribution < -0.4 is 5.73 Å². The van der Waals surface area contributed by atoms with Crippen molar-refractivity contribution >= 4 is 23.2 Å². The summed E-state index contributed by atoms with van der Waals surface area (Å²) in [6.45, 7) is 0. The average Bonchev–Trinajstić information content (AvgIpc) is 3.15. The van der Waals surface area contributed by atoms with Crippen molar-refractivity contribution in [2.75, 3.05) is 0 Å². The number of thiophene rings is 1. The van der Waals surface area contributed by atoms with Crippen LogP contribution in [0.3, 0.4) is 0 Å². The van der Waals surface area contributed by atoms with Gasteiger partial charge >= 0.3 is 5.97 Å². The Morgan fingerprint density at radius 2 is 1.40 bits per heavy atom. The van der Waals surface area contributed by atoms with E-state index in [0.717, 1.165) is 11.1 Å². The topological polar surface area (TPSA) is 67.2 Å². The number of rotatable bonds is 6. The van der Waals surface area contributed by atoms with Gasteiger partial charge in [0, 0.05) is 0 Å². The van der Waals surface area contributed by atoms with Crippen molar-refractivity contribution in [1.29, 1.82) is 0 Å². The first-order valence-corrected chi connectivity index (χ1v) is 8.69. The van der Waals surface area contributed by atoms with Crippen molar-refractivity contribution in [3.05, 3.63) is 94.2 Å². The van der Waals surface area contributed by atoms with Crippen molar-refractivity contribution in [3.63, 3.8) is 0 Å². The number of hydrogen-bond donors (Lipinski definition) is 0. The molecule has 0 spiro atoms. The Morgan fingerprint density at radius 1 is 0.840 bits per heavy atom. The third-order valence-electron chi connectivity index (χ3n) is 3.81. The molecular weight excluding hydrogens is 334 g/mol. The summed E-state index contributed by atoms with van der Waals surface area (Å²) in [5, 5.41) is 3.46. The molecule has 1 radical (unpaired) electrons. The summed E-state index contributed by atoms with van der Waals surface area (Å²) in [7, 11) is 0. The second kappa shape index (κ2) is 7.77. The van der Waals surface area contributed by atoms with E-state index in [2.05, 4.69) is 0 Å². The van der Waals surface area contributed by atoms with Crippen LogP contribution in [0.25, 0.3) is 0 Å². The van der Waals surface area contributed by atoms with Crippen LogP contribution in [0.15, 0.2) is 77.5 Å². The molecular formula is C20H16NO3S. The zero-order valence-electron chi connectivity index (χ0n) is 13.3. The maximum absolute atomic E-state index is 12.7. The van der Waals surface area contributed by atoms with Crippen molar-refractivity contribution in [2.45, 2.75) is 12.0 Å². The summed E-state index contributed by atoms with van der Waals surface area (Å²) in [6.07, 6.45) is -0.629. The van der Waals surface area contributed by atoms with Gasteiger partial charge in [0.15, 0.2) is 12.0 Å². The first kappa shape index (κ1) is 16.9. The van der Waals surface area contributed by atoms with Gasteiger partial charge in [-0.25, -0.2) is 0 Å². The van der Waals surface area contributed by atoms with Crippen LogP contribution >= 0.6 is 11.3 Å². The predicted octanol–water partition coefficient (Wildman–Crippen LogP) is 3.97. The van der Waals surface area contributed by atoms with Crippen LogP contribution in [0, 0.1) is 0 Å². The van der Waals surface area contributed by atoms with E-state index < -0.39 is 23.9 Å². The molecule has 0 fully saturated rings. The summed E-state index contributed by atoms with van der Waals surface area (Å²) >= 11 is 1.37. The fraction of sp³-hybridized carbons (Fsp3) is 0.100. The molecule has 1 heterocycles. The van der Waals surface area contributed by atoms with Gasteiger partial charge in [-0.05, 0) is 33.5 Å². The molecule has 125 valence electrons. The van der Waals surface area contributed by atoms with Crippen LogP contribution in [0.2, 0.25) is 0 Å². The molecule has 1 aromatic heterocycles. The minimum atomic E-state index is -1.22. The largest absolute Gasteiger partial charge is 0.452 e. The summed E-state index contributed by atoms with van der Waals surface area (Å²) in [4.78, 5) is 24.4. The van der Waals surface area contributed by atoms with E-state index in [0.29, 0.717) is 5.56 Å². The first-order valence-electron chi connectivity index (χ1n) is 7.74. The molecule has 0 bridgehead atoms. The fourth-order valence-electron chi connectivity index (χ4n) is 2.60. The lowest BCUT2D eigenvalue weighted by atomic mass is 9.99. The van der Waals surface area contributed by atoms with Crippen LogP contribution in [0.5, 0.6) is 0 Å². The van der Waals surface area contributed by atoms with Gasteiger partial charge in [-0.15, -0.1) is 0 Å². The Morgan fingerprint density at radius 3 is 1.84 bits per heavy atom. The van der Waals surface area contributed by atoms with E-state index in [-0.39, 0.29) is 0 Å². The molecule has 1 amide bonds. The van der Waals surface area contributed by atoms with Gasteiger partial charge in [-0.3, -0.25) is 15.3 Å². The number of benzene rings is 2. The SMILES string of the molecule is [NH]C(=O)C(C(=O)OC(c1ccccc1)c1ccccc1)c1ccsc1. The highest BCUT2D eigenvalue weighted by molar-refractivity contribution is 7.08. The highest BCUT2D eigenvalue weighted by atomic mass is 32.1. The minimum absolute atomic E-state index is 0.495. The van der Waals surface area contributed by atoms with Gasteiger partial charge in [0.25, 0.3) is 5.91 Å². The molecule has 1 atom stereocenters. The molecule has 3 rings (SSSR count). The first-order chi connectivity index (χ1) is 12.2. The molecule has 0 saturated heterocycles. The zero-order chi connectivity index (χ0) is 17.6. The summed E-state index contributed by atoms with van der Waals surface area (Å²) in [6, 6.07) is 20.4. The number of amides is 1.